The summed E-state index contributed by atoms with van der Waals surface area (Å²) in [5.74, 6) is 3.23. The van der Waals surface area contributed by atoms with Crippen molar-refractivity contribution in [1.82, 2.24) is 0 Å². The van der Waals surface area contributed by atoms with Crippen molar-refractivity contribution in [3.05, 3.63) is 246 Å². The molecule has 4 saturated carbocycles. The molecule has 7 aliphatic carbocycles. The summed E-state index contributed by atoms with van der Waals surface area (Å²) in [6.07, 6.45) is 6.98. The molecule has 0 N–H and O–H groups in total. The zero-order valence-electron chi connectivity index (χ0n) is 37.0. The van der Waals surface area contributed by atoms with Crippen molar-refractivity contribution < 1.29 is 0 Å². The summed E-state index contributed by atoms with van der Waals surface area (Å²) in [4.78, 5) is 2.60. The first-order valence-corrected chi connectivity index (χ1v) is 24.4. The van der Waals surface area contributed by atoms with E-state index in [1.165, 1.54) is 121 Å². The third kappa shape index (κ3) is 4.70. The molecular formula is C65H49N. The normalized spacial score (nSPS) is 22.4. The quantitative estimate of drug-likeness (QED) is 0.167. The predicted molar refractivity (Wildman–Crippen MR) is 272 cm³/mol. The molecule has 0 heterocycles. The lowest BCUT2D eigenvalue weighted by Gasteiger charge is -2.61. The van der Waals surface area contributed by atoms with Crippen molar-refractivity contribution >= 4 is 17.1 Å². The molecule has 4 bridgehead atoms. The average Bonchev–Trinajstić information content (AvgIpc) is 3.96. The van der Waals surface area contributed by atoms with Gasteiger partial charge in [0.1, 0.15) is 0 Å². The van der Waals surface area contributed by atoms with Crippen LogP contribution < -0.4 is 4.90 Å². The van der Waals surface area contributed by atoms with Gasteiger partial charge in [-0.25, -0.2) is 0 Å². The molecule has 0 amide bonds. The van der Waals surface area contributed by atoms with Crippen LogP contribution in [0.2, 0.25) is 0 Å². The van der Waals surface area contributed by atoms with Crippen LogP contribution in [0, 0.1) is 23.7 Å². The summed E-state index contributed by atoms with van der Waals surface area (Å²) in [6.45, 7) is 0. The molecule has 1 heteroatoms. The van der Waals surface area contributed by atoms with E-state index in [1.54, 1.807) is 11.1 Å². The van der Waals surface area contributed by atoms with Crippen molar-refractivity contribution in [2.45, 2.75) is 42.9 Å². The Morgan fingerprint density at radius 2 is 0.773 bits per heavy atom. The summed E-state index contributed by atoms with van der Waals surface area (Å²) >= 11 is 0. The first kappa shape index (κ1) is 37.0. The fraction of sp³-hybridized carbons (Fsp3) is 0.169. The zero-order chi connectivity index (χ0) is 43.1. The Morgan fingerprint density at radius 3 is 1.39 bits per heavy atom. The minimum Gasteiger partial charge on any atom is -0.309 e. The van der Waals surface area contributed by atoms with Crippen molar-refractivity contribution in [3.8, 4) is 55.6 Å². The van der Waals surface area contributed by atoms with Crippen LogP contribution in [0.4, 0.5) is 17.1 Å². The van der Waals surface area contributed by atoms with E-state index in [-0.39, 0.29) is 5.41 Å². The van der Waals surface area contributed by atoms with Gasteiger partial charge >= 0.3 is 0 Å². The Hall–Kier alpha value is -7.22. The highest BCUT2D eigenvalue weighted by Crippen LogP contribution is 2.70. The van der Waals surface area contributed by atoms with Crippen molar-refractivity contribution in [2.75, 3.05) is 4.90 Å². The van der Waals surface area contributed by atoms with Crippen molar-refractivity contribution in [3.63, 3.8) is 0 Å². The number of hydrogen-bond donors (Lipinski definition) is 0. The van der Waals surface area contributed by atoms with Crippen molar-refractivity contribution in [2.24, 2.45) is 23.7 Å². The predicted octanol–water partition coefficient (Wildman–Crippen LogP) is 16.6. The van der Waals surface area contributed by atoms with Gasteiger partial charge in [-0.2, -0.15) is 0 Å². The highest BCUT2D eigenvalue weighted by Gasteiger charge is 2.62. The van der Waals surface area contributed by atoms with Crippen LogP contribution >= 0.6 is 0 Å². The summed E-state index contributed by atoms with van der Waals surface area (Å²) in [5, 5.41) is 0. The van der Waals surface area contributed by atoms with Crippen LogP contribution in [0.15, 0.2) is 212 Å². The maximum absolute atomic E-state index is 2.60. The topological polar surface area (TPSA) is 3.24 Å². The van der Waals surface area contributed by atoms with E-state index in [0.29, 0.717) is 11.8 Å². The lowest BCUT2D eigenvalue weighted by Crippen LogP contribution is -2.55. The number of benzene rings is 9. The smallest absolute Gasteiger partial charge is 0.0726 e. The van der Waals surface area contributed by atoms with Gasteiger partial charge in [-0.15, -0.1) is 0 Å². The van der Waals surface area contributed by atoms with Gasteiger partial charge in [-0.3, -0.25) is 0 Å². The average molecular weight is 844 g/mol. The number of para-hydroxylation sites is 2. The summed E-state index contributed by atoms with van der Waals surface area (Å²) in [6, 6.07) is 81.2. The molecule has 9 aromatic carbocycles. The van der Waals surface area contributed by atoms with Gasteiger partial charge in [0.25, 0.3) is 0 Å². The second-order valence-electron chi connectivity index (χ2n) is 20.3. The minimum atomic E-state index is -0.448. The van der Waals surface area contributed by atoms with Gasteiger partial charge in [0.05, 0.1) is 16.8 Å². The van der Waals surface area contributed by atoms with Gasteiger partial charge in [0.15, 0.2) is 0 Å². The van der Waals surface area contributed by atoms with E-state index in [4.69, 9.17) is 0 Å². The highest BCUT2D eigenvalue weighted by atomic mass is 15.1. The monoisotopic (exact) mass is 843 g/mol. The third-order valence-corrected chi connectivity index (χ3v) is 17.5. The molecular weight excluding hydrogens is 795 g/mol. The van der Waals surface area contributed by atoms with E-state index in [1.807, 2.05) is 0 Å². The van der Waals surface area contributed by atoms with Gasteiger partial charge in [-0.1, -0.05) is 188 Å². The molecule has 4 fully saturated rings. The molecule has 9 aromatic rings. The lowest BCUT2D eigenvalue weighted by atomic mass is 9.43. The largest absolute Gasteiger partial charge is 0.309 e. The molecule has 0 saturated heterocycles. The molecule has 16 rings (SSSR count). The Kier molecular flexibility index (Phi) is 7.67. The summed E-state index contributed by atoms with van der Waals surface area (Å²) in [7, 11) is 0. The number of fused-ring (bicyclic) bond motifs is 13. The van der Waals surface area contributed by atoms with Crippen LogP contribution in [0.1, 0.15) is 65.5 Å². The first-order valence-electron chi connectivity index (χ1n) is 24.4. The fourth-order valence-corrected chi connectivity index (χ4v) is 15.5. The molecule has 314 valence electrons. The highest BCUT2D eigenvalue weighted by molar-refractivity contribution is 6.01. The number of anilines is 3. The van der Waals surface area contributed by atoms with Gasteiger partial charge in [-0.05, 0) is 158 Å². The molecule has 0 aliphatic heterocycles. The molecule has 66 heavy (non-hydrogen) atoms. The van der Waals surface area contributed by atoms with Crippen LogP contribution in [0.25, 0.3) is 55.6 Å². The SMILES string of the molecule is c1ccc(-c2ccccc2N(c2ccc3c(c2)C2(c4ccccc4-c4ccccc42)c2ccccc2-3)c2ccccc2-c2cccc3c2-c2ccccc2C32C3CC4CC(C3)CC2C4)cc1. The maximum atomic E-state index is 2.60. The second kappa shape index (κ2) is 13.7. The Labute approximate surface area is 388 Å². The van der Waals surface area contributed by atoms with Crippen LogP contribution in [0.5, 0.6) is 0 Å². The first-order chi connectivity index (χ1) is 32.7. The van der Waals surface area contributed by atoms with Crippen LogP contribution in [0.3, 0.4) is 0 Å². The maximum Gasteiger partial charge on any atom is 0.0726 e. The molecule has 0 radical (unpaired) electrons. The van der Waals surface area contributed by atoms with Crippen LogP contribution in [-0.4, -0.2) is 0 Å². The zero-order valence-corrected chi connectivity index (χ0v) is 37.0. The summed E-state index contributed by atoms with van der Waals surface area (Å²) < 4.78 is 0. The van der Waals surface area contributed by atoms with Gasteiger partial charge in [0, 0.05) is 22.2 Å². The standard InChI is InChI=1S/C65H49N/c1-2-17-43(18-3-1)47-19-8-14-31-61(47)66(46-33-34-51-50-22-6-12-28-57(50)65(60(51)40-46)55-26-10-4-20-48(55)49-21-5-11-27-56(49)65)62-32-15-9-23-52(62)53-25-16-30-59-63(53)54-24-7-13-29-58(54)64(59)44-36-41-35-42(38-44)39-45(64)37-41/h1-34,40-42,44-45H,35-39H2. The minimum absolute atomic E-state index is 0.0983. The second-order valence-corrected chi connectivity index (χ2v) is 20.3. The number of hydrogen-bond acceptors (Lipinski definition) is 1. The van der Waals surface area contributed by atoms with E-state index >= 15 is 0 Å². The Bertz CT molecular complexity index is 3370. The Morgan fingerprint density at radius 1 is 0.318 bits per heavy atom. The lowest BCUT2D eigenvalue weighted by molar-refractivity contribution is -0.0399. The molecule has 0 atom stereocenters. The van der Waals surface area contributed by atoms with Gasteiger partial charge < -0.3 is 4.90 Å². The molecule has 0 aromatic heterocycles. The van der Waals surface area contributed by atoms with Crippen molar-refractivity contribution in [1.29, 1.82) is 0 Å². The number of rotatable bonds is 5. The fourth-order valence-electron chi connectivity index (χ4n) is 15.5. The van der Waals surface area contributed by atoms with Gasteiger partial charge in [0.2, 0.25) is 0 Å². The van der Waals surface area contributed by atoms with E-state index < -0.39 is 5.41 Å². The molecule has 7 aliphatic rings. The number of nitrogens with zero attached hydrogens (tertiary/aromatic N) is 1. The third-order valence-electron chi connectivity index (χ3n) is 17.5. The van der Waals surface area contributed by atoms with E-state index in [2.05, 4.69) is 217 Å². The summed E-state index contributed by atoms with van der Waals surface area (Å²) in [5.41, 5.74) is 25.0. The Balaban J connectivity index is 0.997. The van der Waals surface area contributed by atoms with E-state index in [0.717, 1.165) is 17.5 Å². The van der Waals surface area contributed by atoms with Crippen LogP contribution in [-0.2, 0) is 10.8 Å². The molecule has 1 nitrogen and oxygen atoms in total. The molecule has 0 unspecified atom stereocenters. The van der Waals surface area contributed by atoms with E-state index in [9.17, 15) is 0 Å². The molecule has 2 spiro atoms.